The van der Waals surface area contributed by atoms with Gasteiger partial charge in [0.2, 0.25) is 0 Å². The standard InChI is InChI=1S/C21H22F4N2O2/c1-13-3-5-18(22)16(11-13)20(28)26-14-4-6-19(17(12-14)21(23,24)25)27-9-7-15(29-2)8-10-27/h3-6,11-12,15H,7-10H2,1-2H3,(H,26,28). The van der Waals surface area contributed by atoms with Crippen molar-refractivity contribution in [1.82, 2.24) is 0 Å². The van der Waals surface area contributed by atoms with Crippen molar-refractivity contribution in [1.29, 1.82) is 0 Å². The van der Waals surface area contributed by atoms with E-state index in [-0.39, 0.29) is 23.0 Å². The summed E-state index contributed by atoms with van der Waals surface area (Å²) >= 11 is 0. The molecule has 0 aromatic heterocycles. The number of rotatable bonds is 4. The van der Waals surface area contributed by atoms with Gasteiger partial charge in [-0.1, -0.05) is 11.6 Å². The summed E-state index contributed by atoms with van der Waals surface area (Å²) in [6.45, 7) is 2.59. The third-order valence-corrected chi connectivity index (χ3v) is 5.04. The molecule has 1 N–H and O–H groups in total. The number of nitrogens with zero attached hydrogens (tertiary/aromatic N) is 1. The van der Waals surface area contributed by atoms with Gasteiger partial charge in [0.1, 0.15) is 5.82 Å². The van der Waals surface area contributed by atoms with Crippen LogP contribution in [-0.2, 0) is 10.9 Å². The Labute approximate surface area is 166 Å². The molecule has 156 valence electrons. The Morgan fingerprint density at radius 1 is 1.14 bits per heavy atom. The van der Waals surface area contributed by atoms with E-state index in [2.05, 4.69) is 5.32 Å². The van der Waals surface area contributed by atoms with E-state index in [1.54, 1.807) is 18.9 Å². The Hall–Kier alpha value is -2.61. The molecule has 1 fully saturated rings. The van der Waals surface area contributed by atoms with Crippen molar-refractivity contribution < 1.29 is 27.1 Å². The smallest absolute Gasteiger partial charge is 0.381 e. The van der Waals surface area contributed by atoms with E-state index in [1.165, 1.54) is 24.3 Å². The van der Waals surface area contributed by atoms with Crippen LogP contribution in [0.4, 0.5) is 28.9 Å². The molecule has 1 heterocycles. The van der Waals surface area contributed by atoms with Crippen molar-refractivity contribution in [2.75, 3.05) is 30.4 Å². The fraction of sp³-hybridized carbons (Fsp3) is 0.381. The van der Waals surface area contributed by atoms with Crippen LogP contribution in [0.5, 0.6) is 0 Å². The molecule has 0 radical (unpaired) electrons. The molecule has 29 heavy (non-hydrogen) atoms. The predicted molar refractivity (Wildman–Crippen MR) is 103 cm³/mol. The number of aryl methyl sites for hydroxylation is 1. The lowest BCUT2D eigenvalue weighted by Crippen LogP contribution is -2.37. The normalized spacial score (nSPS) is 15.4. The number of carbonyl (C=O) groups is 1. The van der Waals surface area contributed by atoms with Crippen LogP contribution in [0.1, 0.15) is 34.3 Å². The summed E-state index contributed by atoms with van der Waals surface area (Å²) < 4.78 is 60.2. The molecule has 4 nitrogen and oxygen atoms in total. The monoisotopic (exact) mass is 410 g/mol. The number of hydrogen-bond acceptors (Lipinski definition) is 3. The van der Waals surface area contributed by atoms with Gasteiger partial charge in [-0.25, -0.2) is 4.39 Å². The van der Waals surface area contributed by atoms with E-state index in [0.717, 1.165) is 12.1 Å². The molecule has 0 unspecified atom stereocenters. The minimum absolute atomic E-state index is 0.0428. The van der Waals surface area contributed by atoms with Crippen LogP contribution in [-0.4, -0.2) is 32.2 Å². The second-order valence-electron chi connectivity index (χ2n) is 7.09. The summed E-state index contributed by atoms with van der Waals surface area (Å²) in [6.07, 6.45) is -3.27. The van der Waals surface area contributed by atoms with Crippen molar-refractivity contribution in [3.63, 3.8) is 0 Å². The molecule has 2 aromatic carbocycles. The third-order valence-electron chi connectivity index (χ3n) is 5.04. The largest absolute Gasteiger partial charge is 0.418 e. The average Bonchev–Trinajstić information content (AvgIpc) is 2.69. The molecule has 0 aliphatic carbocycles. The van der Waals surface area contributed by atoms with Gasteiger partial charge in [-0.05, 0) is 50.1 Å². The molecule has 0 spiro atoms. The van der Waals surface area contributed by atoms with Crippen molar-refractivity contribution in [3.8, 4) is 0 Å². The van der Waals surface area contributed by atoms with Gasteiger partial charge >= 0.3 is 6.18 Å². The van der Waals surface area contributed by atoms with Crippen LogP contribution in [0.2, 0.25) is 0 Å². The molecule has 1 saturated heterocycles. The SMILES string of the molecule is COC1CCN(c2ccc(NC(=O)c3cc(C)ccc3F)cc2C(F)(F)F)CC1. The predicted octanol–water partition coefficient (Wildman–Crippen LogP) is 5.02. The third kappa shape index (κ3) is 4.87. The number of nitrogens with one attached hydrogen (secondary N) is 1. The Morgan fingerprint density at radius 3 is 2.45 bits per heavy atom. The number of carbonyl (C=O) groups excluding carboxylic acids is 1. The van der Waals surface area contributed by atoms with Crippen LogP contribution >= 0.6 is 0 Å². The van der Waals surface area contributed by atoms with Crippen molar-refractivity contribution in [3.05, 3.63) is 58.9 Å². The van der Waals surface area contributed by atoms with Gasteiger partial charge in [-0.2, -0.15) is 13.2 Å². The van der Waals surface area contributed by atoms with Crippen LogP contribution < -0.4 is 10.2 Å². The first kappa shape index (κ1) is 21.1. The van der Waals surface area contributed by atoms with Crippen LogP contribution in [0.25, 0.3) is 0 Å². The summed E-state index contributed by atoms with van der Waals surface area (Å²) in [5.41, 5.74) is -0.368. The van der Waals surface area contributed by atoms with Gasteiger partial charge in [0.25, 0.3) is 5.91 Å². The second-order valence-corrected chi connectivity index (χ2v) is 7.09. The van der Waals surface area contributed by atoms with Gasteiger partial charge in [0.05, 0.1) is 17.2 Å². The zero-order valence-corrected chi connectivity index (χ0v) is 16.1. The lowest BCUT2D eigenvalue weighted by molar-refractivity contribution is -0.137. The highest BCUT2D eigenvalue weighted by Crippen LogP contribution is 2.39. The minimum Gasteiger partial charge on any atom is -0.381 e. The molecule has 0 saturated carbocycles. The topological polar surface area (TPSA) is 41.6 Å². The molecule has 1 aliphatic rings. The Kier molecular flexibility index (Phi) is 6.12. The molecule has 0 bridgehead atoms. The van der Waals surface area contributed by atoms with Crippen LogP contribution in [0.15, 0.2) is 36.4 Å². The van der Waals surface area contributed by atoms with Gasteiger partial charge in [0.15, 0.2) is 0 Å². The lowest BCUT2D eigenvalue weighted by atomic mass is 10.0. The molecule has 8 heteroatoms. The van der Waals surface area contributed by atoms with E-state index in [0.29, 0.717) is 31.5 Å². The Morgan fingerprint density at radius 2 is 1.83 bits per heavy atom. The van der Waals surface area contributed by atoms with Gasteiger partial charge in [0, 0.05) is 31.6 Å². The molecule has 1 aliphatic heterocycles. The van der Waals surface area contributed by atoms with E-state index in [1.807, 2.05) is 0 Å². The summed E-state index contributed by atoms with van der Waals surface area (Å²) in [5.74, 6) is -1.53. The van der Waals surface area contributed by atoms with Gasteiger partial charge < -0.3 is 15.0 Å². The van der Waals surface area contributed by atoms with Crippen molar-refractivity contribution in [2.24, 2.45) is 0 Å². The first-order valence-electron chi connectivity index (χ1n) is 9.25. The maximum absolute atomic E-state index is 13.9. The summed E-state index contributed by atoms with van der Waals surface area (Å²) in [6, 6.07) is 7.65. The van der Waals surface area contributed by atoms with E-state index < -0.39 is 23.5 Å². The molecular formula is C21H22F4N2O2. The highest BCUT2D eigenvalue weighted by molar-refractivity contribution is 6.04. The number of hydrogen-bond donors (Lipinski definition) is 1. The van der Waals surface area contributed by atoms with E-state index >= 15 is 0 Å². The summed E-state index contributed by atoms with van der Waals surface area (Å²) in [5, 5.41) is 2.37. The fourth-order valence-electron chi connectivity index (χ4n) is 3.46. The number of piperidine rings is 1. The molecule has 2 aromatic rings. The number of alkyl halides is 3. The Bertz CT molecular complexity index is 891. The van der Waals surface area contributed by atoms with Crippen molar-refractivity contribution in [2.45, 2.75) is 32.0 Å². The number of ether oxygens (including phenoxy) is 1. The lowest BCUT2D eigenvalue weighted by Gasteiger charge is -2.34. The molecule has 3 rings (SSSR count). The first-order valence-corrected chi connectivity index (χ1v) is 9.25. The van der Waals surface area contributed by atoms with Crippen LogP contribution in [0, 0.1) is 12.7 Å². The Balaban J connectivity index is 1.86. The highest BCUT2D eigenvalue weighted by Gasteiger charge is 2.36. The number of anilines is 2. The average molecular weight is 410 g/mol. The van der Waals surface area contributed by atoms with Gasteiger partial charge in [-0.3, -0.25) is 4.79 Å². The quantitative estimate of drug-likeness (QED) is 0.720. The summed E-state index contributed by atoms with van der Waals surface area (Å²) in [4.78, 5) is 14.0. The van der Waals surface area contributed by atoms with Gasteiger partial charge in [-0.15, -0.1) is 0 Å². The first-order chi connectivity index (χ1) is 13.7. The summed E-state index contributed by atoms with van der Waals surface area (Å²) in [7, 11) is 1.59. The van der Waals surface area contributed by atoms with E-state index in [4.69, 9.17) is 4.74 Å². The molecule has 1 amide bonds. The maximum atomic E-state index is 13.9. The van der Waals surface area contributed by atoms with E-state index in [9.17, 15) is 22.4 Å². The molecule has 0 atom stereocenters. The maximum Gasteiger partial charge on any atom is 0.418 e. The number of methoxy groups -OCH3 is 1. The number of halogens is 4. The number of amides is 1. The number of benzene rings is 2. The minimum atomic E-state index is -4.59. The molecular weight excluding hydrogens is 388 g/mol. The van der Waals surface area contributed by atoms with Crippen molar-refractivity contribution >= 4 is 17.3 Å². The zero-order chi connectivity index (χ0) is 21.2. The second kappa shape index (κ2) is 8.41. The fourth-order valence-corrected chi connectivity index (χ4v) is 3.46. The van der Waals surface area contributed by atoms with Crippen LogP contribution in [0.3, 0.4) is 0 Å². The zero-order valence-electron chi connectivity index (χ0n) is 16.1. The highest BCUT2D eigenvalue weighted by atomic mass is 19.4.